The van der Waals surface area contributed by atoms with E-state index >= 15 is 0 Å². The zero-order valence-corrected chi connectivity index (χ0v) is 24.8. The summed E-state index contributed by atoms with van der Waals surface area (Å²) >= 11 is 0. The third kappa shape index (κ3) is 7.11. The molecular formula is C29H47N3O7. The van der Waals surface area contributed by atoms with Crippen molar-refractivity contribution in [2.45, 2.75) is 111 Å². The first-order valence-corrected chi connectivity index (χ1v) is 14.3. The van der Waals surface area contributed by atoms with Crippen LogP contribution < -0.4 is 10.6 Å². The van der Waals surface area contributed by atoms with Gasteiger partial charge in [0.15, 0.2) is 0 Å². The standard InChI is InChI=1S/C29H47N3O7/c1-16(2)14-19(23(33)26(36)38-8)30-24(34)22-20-18(29(20,6)7)15-32(22)25(35)21(17-12-10-9-11-13-17)31-27(37)39-28(3,4)5/h16-22H,9-15H2,1-8H3,(H,30,34)(H,31,37). The largest absolute Gasteiger partial charge is 0.463 e. The van der Waals surface area contributed by atoms with Crippen molar-refractivity contribution in [2.75, 3.05) is 13.7 Å². The third-order valence-corrected chi connectivity index (χ3v) is 8.55. The van der Waals surface area contributed by atoms with Gasteiger partial charge in [0.05, 0.1) is 13.2 Å². The summed E-state index contributed by atoms with van der Waals surface area (Å²) in [4.78, 5) is 67.0. The summed E-state index contributed by atoms with van der Waals surface area (Å²) in [7, 11) is 1.13. The number of ether oxygens (including phenoxy) is 2. The number of Topliss-reactive ketones (excluding diaryl/α,β-unsaturated/α-hetero) is 1. The number of carbonyl (C=O) groups excluding carboxylic acids is 5. The molecule has 10 heteroatoms. The van der Waals surface area contributed by atoms with E-state index in [-0.39, 0.29) is 41.4 Å². The Kier molecular flexibility index (Phi) is 9.38. The van der Waals surface area contributed by atoms with Gasteiger partial charge in [-0.3, -0.25) is 14.4 Å². The second-order valence-corrected chi connectivity index (χ2v) is 13.5. The maximum Gasteiger partial charge on any atom is 0.408 e. The van der Waals surface area contributed by atoms with E-state index in [0.717, 1.165) is 39.2 Å². The minimum atomic E-state index is -1.04. The number of methoxy groups -OCH3 is 1. The van der Waals surface area contributed by atoms with Crippen LogP contribution in [0, 0.1) is 29.1 Å². The second kappa shape index (κ2) is 11.8. The topological polar surface area (TPSA) is 131 Å². The number of ketones is 1. The Bertz CT molecular complexity index is 964. The highest BCUT2D eigenvalue weighted by molar-refractivity contribution is 6.36. The lowest BCUT2D eigenvalue weighted by atomic mass is 9.83. The lowest BCUT2D eigenvalue weighted by Gasteiger charge is -2.37. The Morgan fingerprint density at radius 1 is 1.00 bits per heavy atom. The minimum absolute atomic E-state index is 0.0315. The predicted molar refractivity (Wildman–Crippen MR) is 144 cm³/mol. The van der Waals surface area contributed by atoms with Crippen molar-refractivity contribution in [1.82, 2.24) is 15.5 Å². The van der Waals surface area contributed by atoms with Crippen molar-refractivity contribution < 1.29 is 33.4 Å². The highest BCUT2D eigenvalue weighted by atomic mass is 16.6. The van der Waals surface area contributed by atoms with Crippen molar-refractivity contribution >= 4 is 29.7 Å². The van der Waals surface area contributed by atoms with Crippen LogP contribution in [0.3, 0.4) is 0 Å². The summed E-state index contributed by atoms with van der Waals surface area (Å²) in [6, 6.07) is -2.65. The molecule has 10 nitrogen and oxygen atoms in total. The Morgan fingerprint density at radius 3 is 2.15 bits per heavy atom. The van der Waals surface area contributed by atoms with Crippen LogP contribution in [-0.4, -0.2) is 71.9 Å². The number of rotatable bonds is 9. The number of piperidine rings is 1. The van der Waals surface area contributed by atoms with Gasteiger partial charge in [0.2, 0.25) is 11.8 Å². The lowest BCUT2D eigenvalue weighted by Crippen LogP contribution is -2.59. The molecule has 3 aliphatic rings. The van der Waals surface area contributed by atoms with Crippen molar-refractivity contribution in [1.29, 1.82) is 0 Å². The quantitative estimate of drug-likeness (QED) is 0.333. The van der Waals surface area contributed by atoms with Gasteiger partial charge in [-0.15, -0.1) is 0 Å². The molecule has 0 bridgehead atoms. The fraction of sp³-hybridized carbons (Fsp3) is 0.828. The Labute approximate surface area is 232 Å². The van der Waals surface area contributed by atoms with Crippen LogP contribution >= 0.6 is 0 Å². The van der Waals surface area contributed by atoms with Crippen LogP contribution in [0.2, 0.25) is 0 Å². The maximum absolute atomic E-state index is 14.1. The van der Waals surface area contributed by atoms with E-state index in [1.54, 1.807) is 25.7 Å². The van der Waals surface area contributed by atoms with Gasteiger partial charge in [0, 0.05) is 6.54 Å². The van der Waals surface area contributed by atoms with E-state index in [1.165, 1.54) is 0 Å². The smallest absolute Gasteiger partial charge is 0.408 e. The van der Waals surface area contributed by atoms with Gasteiger partial charge in [-0.25, -0.2) is 9.59 Å². The van der Waals surface area contributed by atoms with Crippen LogP contribution in [0.5, 0.6) is 0 Å². The van der Waals surface area contributed by atoms with Crippen molar-refractivity contribution in [3.8, 4) is 0 Å². The number of likely N-dealkylation sites (tertiary alicyclic amines) is 1. The minimum Gasteiger partial charge on any atom is -0.463 e. The molecule has 1 aliphatic heterocycles. The molecule has 220 valence electrons. The van der Waals surface area contributed by atoms with Gasteiger partial charge in [-0.1, -0.05) is 47.0 Å². The molecule has 1 heterocycles. The van der Waals surface area contributed by atoms with Gasteiger partial charge in [-0.2, -0.15) is 0 Å². The molecule has 3 amide bonds. The molecule has 0 spiro atoms. The summed E-state index contributed by atoms with van der Waals surface area (Å²) in [6.45, 7) is 13.6. The molecule has 2 saturated carbocycles. The first kappa shape index (κ1) is 30.9. The molecular weight excluding hydrogens is 502 g/mol. The van der Waals surface area contributed by atoms with Crippen LogP contribution in [0.4, 0.5) is 4.79 Å². The predicted octanol–water partition coefficient (Wildman–Crippen LogP) is 3.22. The second-order valence-electron chi connectivity index (χ2n) is 13.5. The zero-order chi connectivity index (χ0) is 29.3. The monoisotopic (exact) mass is 549 g/mol. The van der Waals surface area contributed by atoms with Crippen LogP contribution in [0.25, 0.3) is 0 Å². The zero-order valence-electron chi connectivity index (χ0n) is 24.8. The van der Waals surface area contributed by atoms with Crippen LogP contribution in [0.1, 0.15) is 87.0 Å². The molecule has 2 aliphatic carbocycles. The molecule has 5 unspecified atom stereocenters. The number of hydrogen-bond acceptors (Lipinski definition) is 7. The number of amides is 3. The number of fused-ring (bicyclic) bond motifs is 1. The molecule has 3 fully saturated rings. The van der Waals surface area contributed by atoms with E-state index in [4.69, 9.17) is 4.74 Å². The first-order valence-electron chi connectivity index (χ1n) is 14.3. The van der Waals surface area contributed by atoms with E-state index < -0.39 is 47.5 Å². The average molecular weight is 550 g/mol. The fourth-order valence-electron chi connectivity index (χ4n) is 6.48. The average Bonchev–Trinajstić information content (AvgIpc) is 3.17. The highest BCUT2D eigenvalue weighted by Gasteiger charge is 2.69. The van der Waals surface area contributed by atoms with E-state index in [2.05, 4.69) is 29.2 Å². The van der Waals surface area contributed by atoms with Crippen molar-refractivity contribution in [2.24, 2.45) is 29.1 Å². The summed E-state index contributed by atoms with van der Waals surface area (Å²) < 4.78 is 10.1. The summed E-state index contributed by atoms with van der Waals surface area (Å²) in [6.07, 6.45) is 4.25. The van der Waals surface area contributed by atoms with E-state index in [0.29, 0.717) is 6.54 Å². The van der Waals surface area contributed by atoms with Gasteiger partial charge >= 0.3 is 12.1 Å². The Morgan fingerprint density at radius 2 is 1.62 bits per heavy atom. The van der Waals surface area contributed by atoms with Crippen molar-refractivity contribution in [3.63, 3.8) is 0 Å². The van der Waals surface area contributed by atoms with E-state index in [1.807, 2.05) is 13.8 Å². The van der Waals surface area contributed by atoms with Gasteiger partial charge < -0.3 is 25.0 Å². The third-order valence-electron chi connectivity index (χ3n) is 8.55. The lowest BCUT2D eigenvalue weighted by molar-refractivity contribution is -0.153. The molecule has 0 aromatic heterocycles. The molecule has 5 atom stereocenters. The first-order chi connectivity index (χ1) is 18.1. The number of carbonyl (C=O) groups is 5. The van der Waals surface area contributed by atoms with Gasteiger partial charge in [0.1, 0.15) is 17.7 Å². The number of nitrogens with one attached hydrogen (secondary N) is 2. The van der Waals surface area contributed by atoms with Crippen molar-refractivity contribution in [3.05, 3.63) is 0 Å². The number of hydrogen-bond donors (Lipinski definition) is 2. The van der Waals surface area contributed by atoms with Crippen LogP contribution in [-0.2, 0) is 28.7 Å². The molecule has 39 heavy (non-hydrogen) atoms. The SMILES string of the molecule is COC(=O)C(=O)C(CC(C)C)NC(=O)C1C2C(CN1C(=O)C(NC(=O)OC(C)(C)C)C1CCCCC1)C2(C)C. The molecule has 3 rings (SSSR count). The maximum atomic E-state index is 14.1. The van der Waals surface area contributed by atoms with Gasteiger partial charge in [-0.05, 0) is 69.1 Å². The van der Waals surface area contributed by atoms with Crippen LogP contribution in [0.15, 0.2) is 0 Å². The molecule has 0 aromatic carbocycles. The number of alkyl carbamates (subject to hydrolysis) is 1. The number of esters is 1. The normalized spacial score (nSPS) is 25.8. The van der Waals surface area contributed by atoms with E-state index in [9.17, 15) is 24.0 Å². The number of nitrogens with zero attached hydrogens (tertiary/aromatic N) is 1. The molecule has 1 saturated heterocycles. The fourth-order valence-corrected chi connectivity index (χ4v) is 6.48. The molecule has 2 N–H and O–H groups in total. The Hall–Kier alpha value is -2.65. The summed E-state index contributed by atoms with van der Waals surface area (Å²) in [5.74, 6) is -2.54. The Balaban J connectivity index is 1.86. The summed E-state index contributed by atoms with van der Waals surface area (Å²) in [5, 5.41) is 5.62. The van der Waals surface area contributed by atoms with Gasteiger partial charge in [0.25, 0.3) is 5.78 Å². The summed E-state index contributed by atoms with van der Waals surface area (Å²) in [5.41, 5.74) is -0.860. The molecule has 0 aromatic rings. The molecule has 0 radical (unpaired) electrons. The highest BCUT2D eigenvalue weighted by Crippen LogP contribution is 2.65.